The van der Waals surface area contributed by atoms with E-state index in [4.69, 9.17) is 11.6 Å². The molecule has 2 aromatic rings. The zero-order chi connectivity index (χ0) is 12.1. The molecule has 0 fully saturated rings. The van der Waals surface area contributed by atoms with E-state index in [0.717, 1.165) is 13.0 Å². The Labute approximate surface area is 113 Å². The summed E-state index contributed by atoms with van der Waals surface area (Å²) in [7, 11) is 0. The van der Waals surface area contributed by atoms with Crippen LogP contribution in [0.25, 0.3) is 0 Å². The van der Waals surface area contributed by atoms with Gasteiger partial charge in [0.2, 0.25) is 0 Å². The van der Waals surface area contributed by atoms with Crippen LogP contribution in [0.2, 0.25) is 5.15 Å². The van der Waals surface area contributed by atoms with Gasteiger partial charge in [0, 0.05) is 18.9 Å². The minimum atomic E-state index is 0.409. The van der Waals surface area contributed by atoms with Crippen molar-refractivity contribution in [2.24, 2.45) is 0 Å². The minimum Gasteiger partial charge on any atom is -0.369 e. The van der Waals surface area contributed by atoms with Gasteiger partial charge < -0.3 is 5.32 Å². The average molecular weight is 314 g/mol. The van der Waals surface area contributed by atoms with Crippen molar-refractivity contribution in [2.45, 2.75) is 6.42 Å². The highest BCUT2D eigenvalue weighted by atomic mass is 79.9. The van der Waals surface area contributed by atoms with Crippen molar-refractivity contribution in [3.8, 4) is 0 Å². The van der Waals surface area contributed by atoms with Crippen molar-refractivity contribution < 1.29 is 0 Å². The van der Waals surface area contributed by atoms with Crippen LogP contribution in [0, 0.1) is 0 Å². The number of nitrogens with zero attached hydrogens (tertiary/aromatic N) is 3. The predicted molar refractivity (Wildman–Crippen MR) is 71.2 cm³/mol. The third-order valence-corrected chi connectivity index (χ3v) is 3.47. The van der Waals surface area contributed by atoms with E-state index in [9.17, 15) is 0 Å². The van der Waals surface area contributed by atoms with Crippen molar-refractivity contribution in [1.29, 1.82) is 0 Å². The SMILES string of the molecule is Clc1ncnc(NCCc2ccncc2)c1Br. The Balaban J connectivity index is 1.93. The summed E-state index contributed by atoms with van der Waals surface area (Å²) in [4.78, 5) is 11.9. The summed E-state index contributed by atoms with van der Waals surface area (Å²) in [6.45, 7) is 0.774. The summed E-state index contributed by atoms with van der Waals surface area (Å²) >= 11 is 9.20. The second-order valence-electron chi connectivity index (χ2n) is 3.36. The highest BCUT2D eigenvalue weighted by Gasteiger charge is 2.05. The van der Waals surface area contributed by atoms with Crippen LogP contribution in [-0.4, -0.2) is 21.5 Å². The van der Waals surface area contributed by atoms with Crippen molar-refractivity contribution in [1.82, 2.24) is 15.0 Å². The molecular weight excluding hydrogens is 304 g/mol. The first-order chi connectivity index (χ1) is 8.27. The van der Waals surface area contributed by atoms with Crippen LogP contribution in [0.1, 0.15) is 5.56 Å². The molecule has 0 atom stereocenters. The largest absolute Gasteiger partial charge is 0.369 e. The molecule has 0 unspecified atom stereocenters. The number of anilines is 1. The molecule has 88 valence electrons. The molecule has 2 aromatic heterocycles. The molecule has 6 heteroatoms. The molecule has 2 heterocycles. The molecule has 2 rings (SSSR count). The topological polar surface area (TPSA) is 50.7 Å². The van der Waals surface area contributed by atoms with E-state index in [1.54, 1.807) is 12.4 Å². The van der Waals surface area contributed by atoms with Gasteiger partial charge in [-0.25, -0.2) is 9.97 Å². The smallest absolute Gasteiger partial charge is 0.148 e. The number of halogens is 2. The first-order valence-electron chi connectivity index (χ1n) is 5.06. The lowest BCUT2D eigenvalue weighted by atomic mass is 10.2. The van der Waals surface area contributed by atoms with Crippen molar-refractivity contribution in [3.05, 3.63) is 46.0 Å². The van der Waals surface area contributed by atoms with Crippen LogP contribution in [0.15, 0.2) is 35.3 Å². The molecule has 0 radical (unpaired) electrons. The summed E-state index contributed by atoms with van der Waals surface area (Å²) in [6, 6.07) is 3.98. The molecule has 4 nitrogen and oxygen atoms in total. The standard InChI is InChI=1S/C11H10BrClN4/c12-9-10(13)16-7-17-11(9)15-6-3-8-1-4-14-5-2-8/h1-2,4-5,7H,3,6H2,(H,15,16,17). The predicted octanol–water partition coefficient (Wildman–Crippen LogP) is 2.94. The van der Waals surface area contributed by atoms with Gasteiger partial charge in [0.25, 0.3) is 0 Å². The van der Waals surface area contributed by atoms with E-state index < -0.39 is 0 Å². The van der Waals surface area contributed by atoms with Crippen LogP contribution in [0.5, 0.6) is 0 Å². The third kappa shape index (κ3) is 3.38. The van der Waals surface area contributed by atoms with Gasteiger partial charge in [0.15, 0.2) is 0 Å². The molecule has 0 aromatic carbocycles. The van der Waals surface area contributed by atoms with Crippen LogP contribution in [-0.2, 0) is 6.42 Å². The normalized spacial score (nSPS) is 10.2. The van der Waals surface area contributed by atoms with Gasteiger partial charge in [-0.1, -0.05) is 11.6 Å². The van der Waals surface area contributed by atoms with Gasteiger partial charge in [0.05, 0.1) is 4.47 Å². The van der Waals surface area contributed by atoms with Crippen molar-refractivity contribution in [3.63, 3.8) is 0 Å². The van der Waals surface area contributed by atoms with E-state index in [-0.39, 0.29) is 0 Å². The van der Waals surface area contributed by atoms with Crippen molar-refractivity contribution >= 4 is 33.3 Å². The van der Waals surface area contributed by atoms with Crippen molar-refractivity contribution in [2.75, 3.05) is 11.9 Å². The number of hydrogen-bond acceptors (Lipinski definition) is 4. The maximum Gasteiger partial charge on any atom is 0.148 e. The summed E-state index contributed by atoms with van der Waals surface area (Å²) in [5, 5.41) is 3.61. The van der Waals surface area contributed by atoms with Crippen LogP contribution < -0.4 is 5.32 Å². The van der Waals surface area contributed by atoms with Gasteiger partial charge >= 0.3 is 0 Å². The molecule has 0 spiro atoms. The molecule has 0 amide bonds. The first kappa shape index (κ1) is 12.3. The molecule has 0 aliphatic heterocycles. The van der Waals surface area contributed by atoms with Crippen LogP contribution >= 0.6 is 27.5 Å². The lowest BCUT2D eigenvalue weighted by molar-refractivity contribution is 0.990. The van der Waals surface area contributed by atoms with Gasteiger partial charge in [-0.05, 0) is 40.0 Å². The zero-order valence-electron chi connectivity index (χ0n) is 8.90. The number of pyridine rings is 1. The summed E-state index contributed by atoms with van der Waals surface area (Å²) in [6.07, 6.45) is 5.90. The number of hydrogen-bond donors (Lipinski definition) is 1. The minimum absolute atomic E-state index is 0.409. The first-order valence-corrected chi connectivity index (χ1v) is 6.23. The molecule has 0 bridgehead atoms. The quantitative estimate of drug-likeness (QED) is 0.882. The Bertz CT molecular complexity index is 492. The summed E-state index contributed by atoms with van der Waals surface area (Å²) < 4.78 is 0.691. The maximum atomic E-state index is 5.86. The molecule has 17 heavy (non-hydrogen) atoms. The Hall–Kier alpha value is -1.20. The lowest BCUT2D eigenvalue weighted by Crippen LogP contribution is -2.07. The fraction of sp³-hybridized carbons (Fsp3) is 0.182. The van der Waals surface area contributed by atoms with E-state index in [2.05, 4.69) is 36.2 Å². The monoisotopic (exact) mass is 312 g/mol. The van der Waals surface area contributed by atoms with Gasteiger partial charge in [-0.15, -0.1) is 0 Å². The highest BCUT2D eigenvalue weighted by Crippen LogP contribution is 2.25. The summed E-state index contributed by atoms with van der Waals surface area (Å²) in [5.41, 5.74) is 1.23. The van der Waals surface area contributed by atoms with Gasteiger partial charge in [-0.3, -0.25) is 4.98 Å². The fourth-order valence-electron chi connectivity index (χ4n) is 1.35. The Morgan fingerprint density at radius 1 is 1.24 bits per heavy atom. The molecule has 0 aliphatic carbocycles. The number of rotatable bonds is 4. The van der Waals surface area contributed by atoms with Gasteiger partial charge in [0.1, 0.15) is 17.3 Å². The van der Waals surface area contributed by atoms with Crippen LogP contribution in [0.3, 0.4) is 0 Å². The Morgan fingerprint density at radius 2 is 2.00 bits per heavy atom. The van der Waals surface area contributed by atoms with E-state index >= 15 is 0 Å². The molecule has 0 aliphatic rings. The zero-order valence-corrected chi connectivity index (χ0v) is 11.2. The van der Waals surface area contributed by atoms with E-state index in [1.165, 1.54) is 11.9 Å². The van der Waals surface area contributed by atoms with Gasteiger partial charge in [-0.2, -0.15) is 0 Å². The lowest BCUT2D eigenvalue weighted by Gasteiger charge is -2.07. The molecule has 0 saturated heterocycles. The second kappa shape index (κ2) is 5.93. The number of nitrogens with one attached hydrogen (secondary N) is 1. The van der Waals surface area contributed by atoms with Crippen LogP contribution in [0.4, 0.5) is 5.82 Å². The Kier molecular flexibility index (Phi) is 4.28. The molecular formula is C11H10BrClN4. The highest BCUT2D eigenvalue weighted by molar-refractivity contribution is 9.10. The maximum absolute atomic E-state index is 5.86. The number of aromatic nitrogens is 3. The summed E-state index contributed by atoms with van der Waals surface area (Å²) in [5.74, 6) is 0.707. The second-order valence-corrected chi connectivity index (χ2v) is 4.51. The van der Waals surface area contributed by atoms with E-state index in [1.807, 2.05) is 12.1 Å². The third-order valence-electron chi connectivity index (χ3n) is 2.20. The molecule has 0 saturated carbocycles. The van der Waals surface area contributed by atoms with E-state index in [0.29, 0.717) is 15.4 Å². The molecule has 1 N–H and O–H groups in total. The average Bonchev–Trinajstić information content (AvgIpc) is 2.36. The fourth-order valence-corrected chi connectivity index (χ4v) is 1.82. The Morgan fingerprint density at radius 3 is 2.76 bits per heavy atom.